The van der Waals surface area contributed by atoms with Crippen molar-refractivity contribution in [2.24, 2.45) is 0 Å². The van der Waals surface area contributed by atoms with E-state index in [1.807, 2.05) is 0 Å². The highest BCUT2D eigenvalue weighted by atomic mass is 16.4. The third-order valence-electron chi connectivity index (χ3n) is 7.45. The van der Waals surface area contributed by atoms with Gasteiger partial charge in [0, 0.05) is 25.2 Å². The molecule has 0 spiro atoms. The van der Waals surface area contributed by atoms with E-state index in [1.165, 1.54) is 64.2 Å². The maximum absolute atomic E-state index is 11.0. The summed E-state index contributed by atoms with van der Waals surface area (Å²) in [6.45, 7) is 4.98. The first-order chi connectivity index (χ1) is 18.3. The summed E-state index contributed by atoms with van der Waals surface area (Å²) >= 11 is 0. The third-order valence-corrected chi connectivity index (χ3v) is 7.45. The summed E-state index contributed by atoms with van der Waals surface area (Å²) in [5.74, 6) is -2.76. The summed E-state index contributed by atoms with van der Waals surface area (Å²) in [6, 6.07) is 0. The Labute approximate surface area is 232 Å². The van der Waals surface area contributed by atoms with Gasteiger partial charge in [0.2, 0.25) is 0 Å². The monoisotopic (exact) mass is 539 g/mol. The van der Waals surface area contributed by atoms with E-state index in [1.54, 1.807) is 0 Å². The fraction of sp³-hybridized carbons (Fsp3) is 0.839. The molecule has 38 heavy (non-hydrogen) atoms. The molecule has 0 aliphatic heterocycles. The molecule has 222 valence electrons. The van der Waals surface area contributed by atoms with Gasteiger partial charge in [0.15, 0.2) is 0 Å². The highest BCUT2D eigenvalue weighted by Crippen LogP contribution is 2.18. The van der Waals surface area contributed by atoms with Crippen LogP contribution >= 0.6 is 0 Å². The molecule has 0 rings (SSSR count). The number of rotatable bonds is 29. The van der Waals surface area contributed by atoms with Gasteiger partial charge in [-0.15, -0.1) is 0 Å². The Balaban J connectivity index is 4.28. The standard InChI is InChI=1S/C31H57NO6/c1-2-3-4-5-6-7-8-9-10-11-12-13-14-15-16-17-18-25-32(26-19-22-29(33)34,27-20-23-30(35)36)28-21-24-31(37)38/h13-14H,2-12,15-28H2,1H3,(H2-,33,34,35,36,37,38)/b14-13+. The average molecular weight is 540 g/mol. The van der Waals surface area contributed by atoms with E-state index in [4.69, 9.17) is 10.2 Å². The summed E-state index contributed by atoms with van der Waals surface area (Å²) < 4.78 is 0.600. The van der Waals surface area contributed by atoms with Gasteiger partial charge in [-0.2, -0.15) is 0 Å². The van der Waals surface area contributed by atoms with Crippen molar-refractivity contribution in [3.63, 3.8) is 0 Å². The van der Waals surface area contributed by atoms with Crippen LogP contribution in [0.5, 0.6) is 0 Å². The maximum atomic E-state index is 11.0. The molecule has 0 fully saturated rings. The number of carboxylic acid groups (broad SMARTS) is 3. The Kier molecular flexibility index (Phi) is 24.1. The van der Waals surface area contributed by atoms with Crippen LogP contribution in [0.2, 0.25) is 0 Å². The van der Waals surface area contributed by atoms with Gasteiger partial charge < -0.3 is 24.6 Å². The van der Waals surface area contributed by atoms with Crippen LogP contribution < -0.4 is 5.11 Å². The molecule has 0 unspecified atom stereocenters. The van der Waals surface area contributed by atoms with E-state index in [0.29, 0.717) is 43.4 Å². The fourth-order valence-corrected chi connectivity index (χ4v) is 5.23. The molecule has 0 bridgehead atoms. The highest BCUT2D eigenvalue weighted by Gasteiger charge is 2.26. The molecule has 0 radical (unpaired) electrons. The van der Waals surface area contributed by atoms with Gasteiger partial charge in [-0.25, -0.2) is 0 Å². The zero-order valence-corrected chi connectivity index (χ0v) is 24.3. The first kappa shape index (κ1) is 36.1. The van der Waals surface area contributed by atoms with Crippen LogP contribution in [0, 0.1) is 0 Å². The maximum Gasteiger partial charge on any atom is 0.303 e. The van der Waals surface area contributed by atoms with Crippen molar-refractivity contribution in [2.45, 2.75) is 142 Å². The molecule has 0 saturated carbocycles. The second-order valence-corrected chi connectivity index (χ2v) is 11.0. The summed E-state index contributed by atoms with van der Waals surface area (Å²) in [6.07, 6.45) is 25.1. The number of aliphatic carboxylic acids is 3. The zero-order chi connectivity index (χ0) is 28.3. The molecule has 2 N–H and O–H groups in total. The van der Waals surface area contributed by atoms with E-state index in [9.17, 15) is 19.5 Å². The van der Waals surface area contributed by atoms with Crippen LogP contribution in [0.3, 0.4) is 0 Å². The Morgan fingerprint density at radius 3 is 1.34 bits per heavy atom. The normalized spacial score (nSPS) is 11.8. The molecular weight excluding hydrogens is 482 g/mol. The second-order valence-electron chi connectivity index (χ2n) is 11.0. The molecule has 7 heteroatoms. The van der Waals surface area contributed by atoms with E-state index >= 15 is 0 Å². The molecule has 0 amide bonds. The summed E-state index contributed by atoms with van der Waals surface area (Å²) in [7, 11) is 0. The third kappa shape index (κ3) is 24.4. The Bertz CT molecular complexity index is 584. The molecule has 0 aromatic carbocycles. The smallest absolute Gasteiger partial charge is 0.303 e. The summed E-state index contributed by atoms with van der Waals surface area (Å²) in [5, 5.41) is 29.1. The number of carbonyl (C=O) groups is 3. The first-order valence-corrected chi connectivity index (χ1v) is 15.4. The minimum atomic E-state index is -1.08. The Morgan fingerprint density at radius 1 is 0.553 bits per heavy atom. The predicted octanol–water partition coefficient (Wildman–Crippen LogP) is 6.49. The molecule has 0 aromatic rings. The molecule has 0 saturated heterocycles. The lowest BCUT2D eigenvalue weighted by Gasteiger charge is -2.39. The molecule has 0 aromatic heterocycles. The van der Waals surface area contributed by atoms with Crippen molar-refractivity contribution in [3.05, 3.63) is 12.2 Å². The molecule has 0 heterocycles. The lowest BCUT2D eigenvalue weighted by atomic mass is 10.1. The van der Waals surface area contributed by atoms with Gasteiger partial charge in [0.25, 0.3) is 0 Å². The predicted molar refractivity (Wildman–Crippen MR) is 152 cm³/mol. The van der Waals surface area contributed by atoms with E-state index < -0.39 is 17.9 Å². The summed E-state index contributed by atoms with van der Waals surface area (Å²) in [4.78, 5) is 33.0. The SMILES string of the molecule is CCCCCCCCCCCC/C=C/CCCCC[N+](CCCC(=O)[O-])(CCCC(=O)O)CCCC(=O)O. The number of quaternary nitrogens is 1. The number of allylic oxidation sites excluding steroid dienone is 2. The van der Waals surface area contributed by atoms with E-state index in [2.05, 4.69) is 19.1 Å². The van der Waals surface area contributed by atoms with Crippen molar-refractivity contribution in [1.29, 1.82) is 0 Å². The van der Waals surface area contributed by atoms with Crippen LogP contribution in [0.25, 0.3) is 0 Å². The zero-order valence-electron chi connectivity index (χ0n) is 24.3. The lowest BCUT2D eigenvalue weighted by Crippen LogP contribution is -2.51. The number of carbonyl (C=O) groups excluding carboxylic acids is 1. The Hall–Kier alpha value is -1.89. The molecule has 0 aliphatic carbocycles. The van der Waals surface area contributed by atoms with Gasteiger partial charge in [-0.05, 0) is 44.9 Å². The van der Waals surface area contributed by atoms with Gasteiger partial charge in [-0.1, -0.05) is 76.9 Å². The molecular formula is C31H57NO6. The first-order valence-electron chi connectivity index (χ1n) is 15.4. The number of hydrogen-bond acceptors (Lipinski definition) is 4. The van der Waals surface area contributed by atoms with Crippen LogP contribution in [-0.4, -0.2) is 58.8 Å². The average Bonchev–Trinajstić information content (AvgIpc) is 2.85. The van der Waals surface area contributed by atoms with Crippen molar-refractivity contribution in [3.8, 4) is 0 Å². The van der Waals surface area contributed by atoms with E-state index in [-0.39, 0.29) is 19.3 Å². The fourth-order valence-electron chi connectivity index (χ4n) is 5.23. The number of unbranched alkanes of at least 4 members (excludes halogenated alkanes) is 13. The van der Waals surface area contributed by atoms with Crippen molar-refractivity contribution < 1.29 is 34.2 Å². The number of hydrogen-bond donors (Lipinski definition) is 2. The quantitative estimate of drug-likeness (QED) is 0.0638. The molecule has 7 nitrogen and oxygen atoms in total. The largest absolute Gasteiger partial charge is 0.550 e. The van der Waals surface area contributed by atoms with E-state index in [0.717, 1.165) is 38.6 Å². The minimum Gasteiger partial charge on any atom is -0.550 e. The number of carboxylic acids is 3. The van der Waals surface area contributed by atoms with Crippen molar-refractivity contribution >= 4 is 17.9 Å². The number of nitrogens with zero attached hydrogens (tertiary/aromatic N) is 1. The van der Waals surface area contributed by atoms with Crippen LogP contribution in [0.15, 0.2) is 12.2 Å². The van der Waals surface area contributed by atoms with Crippen LogP contribution in [0.1, 0.15) is 142 Å². The summed E-state index contributed by atoms with van der Waals surface area (Å²) in [5.41, 5.74) is 0. The van der Waals surface area contributed by atoms with Crippen molar-refractivity contribution in [2.75, 3.05) is 26.2 Å². The van der Waals surface area contributed by atoms with Gasteiger partial charge in [0.1, 0.15) is 0 Å². The topological polar surface area (TPSA) is 115 Å². The van der Waals surface area contributed by atoms with Gasteiger partial charge in [0.05, 0.1) is 39.0 Å². The van der Waals surface area contributed by atoms with Gasteiger partial charge >= 0.3 is 11.9 Å². The second kappa shape index (κ2) is 25.4. The van der Waals surface area contributed by atoms with Crippen molar-refractivity contribution in [1.82, 2.24) is 0 Å². The molecule has 0 aliphatic rings. The van der Waals surface area contributed by atoms with Crippen LogP contribution in [-0.2, 0) is 14.4 Å². The Morgan fingerprint density at radius 2 is 0.921 bits per heavy atom. The lowest BCUT2D eigenvalue weighted by molar-refractivity contribution is -0.929. The minimum absolute atomic E-state index is 0.0261. The van der Waals surface area contributed by atoms with Gasteiger partial charge in [-0.3, -0.25) is 9.59 Å². The highest BCUT2D eigenvalue weighted by molar-refractivity contribution is 5.66. The molecule has 0 atom stereocenters. The van der Waals surface area contributed by atoms with Crippen LogP contribution in [0.4, 0.5) is 0 Å².